The summed E-state index contributed by atoms with van der Waals surface area (Å²) in [5, 5.41) is 9.89. The number of ether oxygens (including phenoxy) is 2. The monoisotopic (exact) mass is 223 g/mol. The molecule has 2 saturated heterocycles. The van der Waals surface area contributed by atoms with Crippen molar-refractivity contribution in [2.75, 3.05) is 13.3 Å². The highest BCUT2D eigenvalue weighted by Gasteiger charge is 2.50. The smallest absolute Gasteiger partial charge is 0.454 e. The standard InChI is InChI=1S/C10H14BNO4/c1-5-2-6-10(15-4-14-6)9-8(5)7(3-12)16-11(9)13/h2,5,7-8,13H,3-4,12H2,1H3. The Morgan fingerprint density at radius 3 is 3.12 bits per heavy atom. The van der Waals surface area contributed by atoms with E-state index in [0.29, 0.717) is 12.3 Å². The fourth-order valence-corrected chi connectivity index (χ4v) is 2.76. The Hall–Kier alpha value is -0.975. The van der Waals surface area contributed by atoms with Crippen LogP contribution in [0, 0.1) is 11.8 Å². The van der Waals surface area contributed by atoms with Crippen LogP contribution >= 0.6 is 0 Å². The van der Waals surface area contributed by atoms with E-state index in [0.717, 1.165) is 11.2 Å². The minimum absolute atomic E-state index is 0.0976. The van der Waals surface area contributed by atoms with Crippen molar-refractivity contribution in [2.45, 2.75) is 13.0 Å². The molecular formula is C10H14BNO4. The van der Waals surface area contributed by atoms with E-state index in [1.807, 2.05) is 6.08 Å². The Balaban J connectivity index is 2.06. The fraction of sp³-hybridized carbons (Fsp3) is 0.600. The highest BCUT2D eigenvalue weighted by molar-refractivity contribution is 6.53. The molecule has 2 aliphatic heterocycles. The molecule has 0 aromatic rings. The van der Waals surface area contributed by atoms with E-state index in [4.69, 9.17) is 19.9 Å². The van der Waals surface area contributed by atoms with Crippen LogP contribution in [0.4, 0.5) is 0 Å². The van der Waals surface area contributed by atoms with Gasteiger partial charge in [-0.1, -0.05) is 6.92 Å². The lowest BCUT2D eigenvalue weighted by Gasteiger charge is -2.26. The third-order valence-corrected chi connectivity index (χ3v) is 3.45. The van der Waals surface area contributed by atoms with Gasteiger partial charge in [0.2, 0.25) is 6.79 Å². The van der Waals surface area contributed by atoms with Gasteiger partial charge in [-0.3, -0.25) is 0 Å². The molecule has 0 amide bonds. The van der Waals surface area contributed by atoms with E-state index >= 15 is 0 Å². The van der Waals surface area contributed by atoms with Crippen molar-refractivity contribution in [1.82, 2.24) is 0 Å². The van der Waals surface area contributed by atoms with E-state index in [-0.39, 0.29) is 24.7 Å². The van der Waals surface area contributed by atoms with Crippen LogP contribution in [0.1, 0.15) is 6.92 Å². The third kappa shape index (κ3) is 1.24. The number of hydrogen-bond donors (Lipinski definition) is 2. The summed E-state index contributed by atoms with van der Waals surface area (Å²) in [6.45, 7) is 2.68. The average Bonchev–Trinajstić information content (AvgIpc) is 2.82. The Morgan fingerprint density at radius 2 is 2.38 bits per heavy atom. The second-order valence-electron chi connectivity index (χ2n) is 4.37. The summed E-state index contributed by atoms with van der Waals surface area (Å²) in [5.41, 5.74) is 6.44. The minimum Gasteiger partial charge on any atom is -0.454 e. The molecule has 3 atom stereocenters. The van der Waals surface area contributed by atoms with Crippen LogP contribution in [0.15, 0.2) is 23.1 Å². The maximum absolute atomic E-state index is 9.89. The summed E-state index contributed by atoms with van der Waals surface area (Å²) < 4.78 is 16.2. The van der Waals surface area contributed by atoms with Gasteiger partial charge in [0.25, 0.3) is 0 Å². The average molecular weight is 223 g/mol. The van der Waals surface area contributed by atoms with Crippen LogP contribution in [-0.4, -0.2) is 31.6 Å². The van der Waals surface area contributed by atoms with Crippen LogP contribution in [0.5, 0.6) is 0 Å². The first-order valence-electron chi connectivity index (χ1n) is 5.48. The molecule has 3 N–H and O–H groups in total. The molecule has 0 aromatic carbocycles. The summed E-state index contributed by atoms with van der Waals surface area (Å²) in [4.78, 5) is 0. The molecule has 86 valence electrons. The molecule has 6 heteroatoms. The van der Waals surface area contributed by atoms with Crippen molar-refractivity contribution in [3.05, 3.63) is 23.1 Å². The lowest BCUT2D eigenvalue weighted by molar-refractivity contribution is 0.0973. The van der Waals surface area contributed by atoms with Crippen molar-refractivity contribution < 1.29 is 19.2 Å². The predicted octanol–water partition coefficient (Wildman–Crippen LogP) is -0.228. The lowest BCUT2D eigenvalue weighted by Crippen LogP contribution is -2.31. The molecule has 1 aliphatic carbocycles. The van der Waals surface area contributed by atoms with Crippen molar-refractivity contribution in [3.63, 3.8) is 0 Å². The molecule has 0 saturated carbocycles. The summed E-state index contributed by atoms with van der Waals surface area (Å²) >= 11 is 0. The molecular weight excluding hydrogens is 209 g/mol. The summed E-state index contributed by atoms with van der Waals surface area (Å²) in [7, 11) is -0.915. The van der Waals surface area contributed by atoms with Gasteiger partial charge in [0.05, 0.1) is 6.10 Å². The quantitative estimate of drug-likeness (QED) is 0.600. The fourth-order valence-electron chi connectivity index (χ4n) is 2.76. The maximum atomic E-state index is 9.89. The Kier molecular flexibility index (Phi) is 2.24. The third-order valence-electron chi connectivity index (χ3n) is 3.45. The van der Waals surface area contributed by atoms with E-state index in [1.54, 1.807) is 0 Å². The van der Waals surface area contributed by atoms with Gasteiger partial charge in [0, 0.05) is 17.9 Å². The van der Waals surface area contributed by atoms with Gasteiger partial charge in [0.15, 0.2) is 11.5 Å². The summed E-state index contributed by atoms with van der Waals surface area (Å²) in [6, 6.07) is 0. The topological polar surface area (TPSA) is 73.9 Å². The second kappa shape index (κ2) is 3.51. The highest BCUT2D eigenvalue weighted by atomic mass is 16.7. The normalized spacial score (nSPS) is 36.6. The molecule has 2 fully saturated rings. The maximum Gasteiger partial charge on any atom is 0.491 e. The molecule has 16 heavy (non-hydrogen) atoms. The van der Waals surface area contributed by atoms with Gasteiger partial charge >= 0.3 is 7.12 Å². The van der Waals surface area contributed by atoms with Crippen LogP contribution in [0.3, 0.4) is 0 Å². The zero-order chi connectivity index (χ0) is 11.3. The first-order chi connectivity index (χ1) is 7.72. The second-order valence-corrected chi connectivity index (χ2v) is 4.37. The largest absolute Gasteiger partial charge is 0.491 e. The number of nitrogens with two attached hydrogens (primary N) is 1. The molecule has 0 spiro atoms. The van der Waals surface area contributed by atoms with E-state index in [9.17, 15) is 5.02 Å². The van der Waals surface area contributed by atoms with E-state index in [1.165, 1.54) is 0 Å². The molecule has 0 aromatic heterocycles. The van der Waals surface area contributed by atoms with Gasteiger partial charge in [-0.2, -0.15) is 0 Å². The van der Waals surface area contributed by atoms with Crippen LogP contribution in [0.25, 0.3) is 0 Å². The molecule has 0 bridgehead atoms. The van der Waals surface area contributed by atoms with E-state index < -0.39 is 7.12 Å². The zero-order valence-corrected chi connectivity index (χ0v) is 9.05. The van der Waals surface area contributed by atoms with Crippen molar-refractivity contribution in [2.24, 2.45) is 17.6 Å². The molecule has 0 radical (unpaired) electrons. The molecule has 3 unspecified atom stereocenters. The lowest BCUT2D eigenvalue weighted by atomic mass is 9.67. The minimum atomic E-state index is -0.915. The van der Waals surface area contributed by atoms with Gasteiger partial charge in [-0.15, -0.1) is 0 Å². The first kappa shape index (κ1) is 10.2. The number of allylic oxidation sites excluding steroid dienone is 1. The van der Waals surface area contributed by atoms with Gasteiger partial charge in [0.1, 0.15) is 0 Å². The Morgan fingerprint density at radius 1 is 1.56 bits per heavy atom. The Bertz CT molecular complexity index is 381. The van der Waals surface area contributed by atoms with Crippen molar-refractivity contribution in [3.8, 4) is 0 Å². The van der Waals surface area contributed by atoms with Gasteiger partial charge in [-0.05, 0) is 12.0 Å². The zero-order valence-electron chi connectivity index (χ0n) is 9.05. The molecule has 2 heterocycles. The van der Waals surface area contributed by atoms with Crippen LogP contribution in [-0.2, 0) is 14.1 Å². The van der Waals surface area contributed by atoms with Crippen LogP contribution in [0.2, 0.25) is 0 Å². The molecule has 3 aliphatic rings. The number of rotatable bonds is 1. The number of fused-ring (bicyclic) bond motifs is 2. The van der Waals surface area contributed by atoms with Crippen LogP contribution < -0.4 is 5.73 Å². The summed E-state index contributed by atoms with van der Waals surface area (Å²) in [6.07, 6.45) is 1.87. The van der Waals surface area contributed by atoms with Gasteiger partial charge in [-0.25, -0.2) is 0 Å². The Labute approximate surface area is 94.0 Å². The highest BCUT2D eigenvalue weighted by Crippen LogP contribution is 2.44. The predicted molar refractivity (Wildman–Crippen MR) is 56.7 cm³/mol. The van der Waals surface area contributed by atoms with Crippen molar-refractivity contribution in [1.29, 1.82) is 0 Å². The SMILES string of the molecule is CC1C=C2OCOC2=C2B(O)OC(CN)C21. The van der Waals surface area contributed by atoms with E-state index in [2.05, 4.69) is 6.92 Å². The molecule has 3 rings (SSSR count). The van der Waals surface area contributed by atoms with Crippen molar-refractivity contribution >= 4 is 7.12 Å². The number of hydrogen-bond acceptors (Lipinski definition) is 5. The first-order valence-corrected chi connectivity index (χ1v) is 5.48. The molecule has 5 nitrogen and oxygen atoms in total. The van der Waals surface area contributed by atoms with Gasteiger partial charge < -0.3 is 24.9 Å². The summed E-state index contributed by atoms with van der Waals surface area (Å²) in [5.74, 6) is 1.70.